The first-order valence-electron chi connectivity index (χ1n) is 6.44. The summed E-state index contributed by atoms with van der Waals surface area (Å²) in [5.74, 6) is 0.240. The van der Waals surface area contributed by atoms with E-state index in [1.54, 1.807) is 18.2 Å². The molecule has 1 fully saturated rings. The van der Waals surface area contributed by atoms with Gasteiger partial charge in [0.1, 0.15) is 17.1 Å². The van der Waals surface area contributed by atoms with Crippen LogP contribution in [0.3, 0.4) is 0 Å². The quantitative estimate of drug-likeness (QED) is 0.477. The lowest BCUT2D eigenvalue weighted by Gasteiger charge is -2.31. The van der Waals surface area contributed by atoms with Crippen LogP contribution in [-0.4, -0.2) is 55.0 Å². The second kappa shape index (κ2) is 6.15. The average Bonchev–Trinajstić information content (AvgIpc) is 2.54. The molecule has 7 heteroatoms. The van der Waals surface area contributed by atoms with Gasteiger partial charge in [0.2, 0.25) is 0 Å². The van der Waals surface area contributed by atoms with Crippen LogP contribution in [-0.2, 0) is 9.59 Å². The van der Waals surface area contributed by atoms with Crippen molar-refractivity contribution in [1.82, 2.24) is 9.80 Å². The molecular weight excluding hydrogens is 304 g/mol. The number of hydrogen-bond donors (Lipinski definition) is 0. The third-order valence-electron chi connectivity index (χ3n) is 3.38. The van der Waals surface area contributed by atoms with Gasteiger partial charge >= 0.3 is 0 Å². The molecule has 0 aliphatic carbocycles. The van der Waals surface area contributed by atoms with Crippen molar-refractivity contribution in [3.05, 3.63) is 29.3 Å². The van der Waals surface area contributed by atoms with Crippen molar-refractivity contribution in [1.29, 1.82) is 0 Å². The standard InChI is InChI=1S/C15H16N2O4S/c1-16-13(18)11(14(19)17(2)15(16)22)8-9-7-10(20-3)5-6-12(9)21-4/h5-8H,1-4H3. The number of carbonyl (C=O) groups excluding carboxylic acids is 2. The molecule has 0 atom stereocenters. The SMILES string of the molecule is COc1ccc(OC)c(C=C2C(=O)N(C)C(=S)N(C)C2=O)c1. The Morgan fingerprint density at radius 1 is 1.05 bits per heavy atom. The number of nitrogens with zero attached hydrogens (tertiary/aromatic N) is 2. The summed E-state index contributed by atoms with van der Waals surface area (Å²) in [5.41, 5.74) is 0.596. The van der Waals surface area contributed by atoms with Gasteiger partial charge in [-0.05, 0) is 36.5 Å². The third-order valence-corrected chi connectivity index (χ3v) is 3.93. The fourth-order valence-corrected chi connectivity index (χ4v) is 2.25. The lowest BCUT2D eigenvalue weighted by Crippen LogP contribution is -2.52. The first-order valence-corrected chi connectivity index (χ1v) is 6.85. The second-order valence-corrected chi connectivity index (χ2v) is 5.04. The van der Waals surface area contributed by atoms with Gasteiger partial charge in [0.25, 0.3) is 11.8 Å². The Kier molecular flexibility index (Phi) is 4.46. The largest absolute Gasteiger partial charge is 0.497 e. The number of rotatable bonds is 3. The van der Waals surface area contributed by atoms with E-state index in [2.05, 4.69) is 0 Å². The van der Waals surface area contributed by atoms with Gasteiger partial charge < -0.3 is 9.47 Å². The summed E-state index contributed by atoms with van der Waals surface area (Å²) in [7, 11) is 6.12. The first-order chi connectivity index (χ1) is 10.4. The van der Waals surface area contributed by atoms with Crippen molar-refractivity contribution in [2.45, 2.75) is 0 Å². The van der Waals surface area contributed by atoms with Gasteiger partial charge in [-0.25, -0.2) is 0 Å². The van der Waals surface area contributed by atoms with Gasteiger partial charge in [-0.2, -0.15) is 0 Å². The number of benzene rings is 1. The molecule has 0 N–H and O–H groups in total. The van der Waals surface area contributed by atoms with Crippen LogP contribution in [0, 0.1) is 0 Å². The number of ether oxygens (including phenoxy) is 2. The van der Waals surface area contributed by atoms with Crippen molar-refractivity contribution in [2.24, 2.45) is 0 Å². The van der Waals surface area contributed by atoms with Crippen LogP contribution in [0.4, 0.5) is 0 Å². The molecule has 0 radical (unpaired) electrons. The van der Waals surface area contributed by atoms with E-state index in [1.165, 1.54) is 44.2 Å². The number of carbonyl (C=O) groups is 2. The molecule has 6 nitrogen and oxygen atoms in total. The second-order valence-electron chi connectivity index (χ2n) is 4.68. The summed E-state index contributed by atoms with van der Waals surface area (Å²) in [6, 6.07) is 5.14. The molecule has 1 aliphatic heterocycles. The third kappa shape index (κ3) is 2.67. The zero-order valence-electron chi connectivity index (χ0n) is 12.7. The van der Waals surface area contributed by atoms with Gasteiger partial charge in [0.15, 0.2) is 5.11 Å². The summed E-state index contributed by atoms with van der Waals surface area (Å²) in [4.78, 5) is 27.1. The van der Waals surface area contributed by atoms with Crippen LogP contribution in [0.1, 0.15) is 5.56 Å². The van der Waals surface area contributed by atoms with E-state index in [-0.39, 0.29) is 10.7 Å². The Morgan fingerprint density at radius 2 is 1.64 bits per heavy atom. The Morgan fingerprint density at radius 3 is 2.14 bits per heavy atom. The summed E-state index contributed by atoms with van der Waals surface area (Å²) in [6.07, 6.45) is 1.49. The summed E-state index contributed by atoms with van der Waals surface area (Å²) >= 11 is 5.05. The van der Waals surface area contributed by atoms with E-state index in [0.29, 0.717) is 17.1 Å². The van der Waals surface area contributed by atoms with E-state index in [0.717, 1.165) is 0 Å². The molecule has 0 unspecified atom stereocenters. The normalized spacial score (nSPS) is 15.3. The van der Waals surface area contributed by atoms with Crippen LogP contribution in [0.5, 0.6) is 11.5 Å². The van der Waals surface area contributed by atoms with E-state index >= 15 is 0 Å². The van der Waals surface area contributed by atoms with Crippen molar-refractivity contribution < 1.29 is 19.1 Å². The number of likely N-dealkylation sites (N-methyl/N-ethyl adjacent to an activating group) is 2. The fraction of sp³-hybridized carbons (Fsp3) is 0.267. The van der Waals surface area contributed by atoms with E-state index in [9.17, 15) is 9.59 Å². The van der Waals surface area contributed by atoms with Gasteiger partial charge in [-0.1, -0.05) is 0 Å². The first kappa shape index (κ1) is 16.0. The minimum Gasteiger partial charge on any atom is -0.497 e. The minimum absolute atomic E-state index is 0.0187. The minimum atomic E-state index is -0.446. The molecule has 2 rings (SSSR count). The molecule has 0 saturated carbocycles. The van der Waals surface area contributed by atoms with E-state index in [4.69, 9.17) is 21.7 Å². The highest BCUT2D eigenvalue weighted by molar-refractivity contribution is 7.80. The van der Waals surface area contributed by atoms with Crippen molar-refractivity contribution >= 4 is 35.2 Å². The molecule has 0 aromatic heterocycles. The van der Waals surface area contributed by atoms with Crippen LogP contribution < -0.4 is 9.47 Å². The predicted molar refractivity (Wildman–Crippen MR) is 85.7 cm³/mol. The molecule has 1 aromatic carbocycles. The number of hydrogen-bond acceptors (Lipinski definition) is 5. The Labute approximate surface area is 133 Å². The van der Waals surface area contributed by atoms with Crippen LogP contribution in [0.15, 0.2) is 23.8 Å². The Hall–Kier alpha value is -2.41. The number of thiocarbonyl (C=S) groups is 1. The van der Waals surface area contributed by atoms with Crippen LogP contribution in [0.25, 0.3) is 6.08 Å². The maximum atomic E-state index is 12.3. The molecule has 0 bridgehead atoms. The van der Waals surface area contributed by atoms with Gasteiger partial charge in [0, 0.05) is 19.7 Å². The highest BCUT2D eigenvalue weighted by Crippen LogP contribution is 2.27. The Balaban J connectivity index is 2.54. The fourth-order valence-electron chi connectivity index (χ4n) is 2.08. The monoisotopic (exact) mass is 320 g/mol. The molecule has 1 heterocycles. The molecule has 1 aromatic rings. The topological polar surface area (TPSA) is 59.1 Å². The smallest absolute Gasteiger partial charge is 0.265 e. The molecule has 116 valence electrons. The molecule has 2 amide bonds. The van der Waals surface area contributed by atoms with E-state index in [1.807, 2.05) is 0 Å². The number of methoxy groups -OCH3 is 2. The van der Waals surface area contributed by atoms with Crippen molar-refractivity contribution in [2.75, 3.05) is 28.3 Å². The summed E-state index contributed by atoms with van der Waals surface area (Å²) in [5, 5.41) is 0.171. The van der Waals surface area contributed by atoms with Crippen LogP contribution in [0.2, 0.25) is 0 Å². The van der Waals surface area contributed by atoms with Crippen LogP contribution >= 0.6 is 12.2 Å². The highest BCUT2D eigenvalue weighted by Gasteiger charge is 2.35. The Bertz CT molecular complexity index is 658. The van der Waals surface area contributed by atoms with Gasteiger partial charge in [-0.3, -0.25) is 19.4 Å². The molecule has 1 saturated heterocycles. The summed E-state index contributed by atoms with van der Waals surface area (Å²) < 4.78 is 10.4. The average molecular weight is 320 g/mol. The maximum absolute atomic E-state index is 12.3. The zero-order valence-corrected chi connectivity index (χ0v) is 13.6. The van der Waals surface area contributed by atoms with Crippen molar-refractivity contribution in [3.63, 3.8) is 0 Å². The predicted octanol–water partition coefficient (Wildman–Crippen LogP) is 1.30. The zero-order chi connectivity index (χ0) is 16.4. The highest BCUT2D eigenvalue weighted by atomic mass is 32.1. The number of amides is 2. The lowest BCUT2D eigenvalue weighted by atomic mass is 10.1. The maximum Gasteiger partial charge on any atom is 0.265 e. The molecular formula is C15H16N2O4S. The lowest BCUT2D eigenvalue weighted by molar-refractivity contribution is -0.132. The van der Waals surface area contributed by atoms with Crippen molar-refractivity contribution in [3.8, 4) is 11.5 Å². The van der Waals surface area contributed by atoms with Gasteiger partial charge in [0.05, 0.1) is 14.2 Å². The summed E-state index contributed by atoms with van der Waals surface area (Å²) in [6.45, 7) is 0. The molecule has 1 aliphatic rings. The molecule has 0 spiro atoms. The van der Waals surface area contributed by atoms with Gasteiger partial charge in [-0.15, -0.1) is 0 Å². The van der Waals surface area contributed by atoms with E-state index < -0.39 is 11.8 Å². The molecule has 22 heavy (non-hydrogen) atoms.